The van der Waals surface area contributed by atoms with Crippen LogP contribution in [0.25, 0.3) is 11.3 Å². The van der Waals surface area contributed by atoms with Crippen molar-refractivity contribution in [3.63, 3.8) is 0 Å². The molecule has 0 radical (unpaired) electrons. The van der Waals surface area contributed by atoms with Crippen molar-refractivity contribution in [3.05, 3.63) is 54.0 Å². The predicted octanol–water partition coefficient (Wildman–Crippen LogP) is 2.69. The molecule has 0 aliphatic heterocycles. The third kappa shape index (κ3) is 3.80. The number of hydrogen-bond donors (Lipinski definition) is 1. The number of nitrogens with zero attached hydrogens (tertiary/aromatic N) is 3. The minimum absolute atomic E-state index is 0.0961. The molecule has 0 aliphatic carbocycles. The van der Waals surface area contributed by atoms with E-state index in [4.69, 9.17) is 4.52 Å². The van der Waals surface area contributed by atoms with Crippen molar-refractivity contribution in [1.82, 2.24) is 19.7 Å². The summed E-state index contributed by atoms with van der Waals surface area (Å²) in [5, 5.41) is 7.88. The van der Waals surface area contributed by atoms with Crippen LogP contribution in [0, 0.1) is 13.8 Å². The van der Waals surface area contributed by atoms with E-state index in [1.54, 1.807) is 36.0 Å². The maximum atomic E-state index is 12.7. The Labute approximate surface area is 146 Å². The molecule has 25 heavy (non-hydrogen) atoms. The summed E-state index contributed by atoms with van der Waals surface area (Å²) in [5.74, 6) is 0.525. The van der Waals surface area contributed by atoms with Crippen molar-refractivity contribution < 1.29 is 12.9 Å². The molecule has 1 unspecified atom stereocenters. The van der Waals surface area contributed by atoms with Gasteiger partial charge < -0.3 is 4.52 Å². The van der Waals surface area contributed by atoms with Crippen molar-refractivity contribution >= 4 is 10.0 Å². The van der Waals surface area contributed by atoms with Gasteiger partial charge in [-0.2, -0.15) is 5.10 Å². The standard InChI is InChI=1S/C17H20N4O3S/c1-12-9-18-21(11-12)14(3)10-20-25(22,23)17-8-15(5-4-13(17)2)16-6-7-19-24-16/h4-9,11,14,20H,10H2,1-3H3. The zero-order valence-corrected chi connectivity index (χ0v) is 15.1. The smallest absolute Gasteiger partial charge is 0.240 e. The normalized spacial score (nSPS) is 13.1. The molecule has 3 aromatic rings. The molecule has 1 aromatic carbocycles. The third-order valence-electron chi connectivity index (χ3n) is 3.95. The Balaban J connectivity index is 1.81. The quantitative estimate of drug-likeness (QED) is 0.730. The van der Waals surface area contributed by atoms with Crippen LogP contribution in [-0.2, 0) is 10.0 Å². The molecular weight excluding hydrogens is 340 g/mol. The fourth-order valence-corrected chi connectivity index (χ4v) is 3.87. The molecule has 132 valence electrons. The lowest BCUT2D eigenvalue weighted by Gasteiger charge is -2.15. The van der Waals surface area contributed by atoms with Gasteiger partial charge in [0.05, 0.1) is 23.3 Å². The summed E-state index contributed by atoms with van der Waals surface area (Å²) in [4.78, 5) is 0.227. The molecule has 3 rings (SSSR count). The summed E-state index contributed by atoms with van der Waals surface area (Å²) in [5.41, 5.74) is 2.36. The van der Waals surface area contributed by atoms with Crippen molar-refractivity contribution in [2.75, 3.05) is 6.54 Å². The number of aryl methyl sites for hydroxylation is 2. The van der Waals surface area contributed by atoms with Gasteiger partial charge in [0, 0.05) is 24.4 Å². The van der Waals surface area contributed by atoms with Crippen LogP contribution in [0.2, 0.25) is 0 Å². The second-order valence-electron chi connectivity index (χ2n) is 6.06. The largest absolute Gasteiger partial charge is 0.356 e. The van der Waals surface area contributed by atoms with Crippen LogP contribution in [0.5, 0.6) is 0 Å². The zero-order chi connectivity index (χ0) is 18.0. The van der Waals surface area contributed by atoms with Gasteiger partial charge in [-0.3, -0.25) is 4.68 Å². The number of benzene rings is 1. The lowest BCUT2D eigenvalue weighted by atomic mass is 10.1. The van der Waals surface area contributed by atoms with E-state index in [2.05, 4.69) is 15.0 Å². The fourth-order valence-electron chi connectivity index (χ4n) is 2.48. The maximum absolute atomic E-state index is 12.7. The first kappa shape index (κ1) is 17.4. The number of hydrogen-bond acceptors (Lipinski definition) is 5. The number of aromatic nitrogens is 3. The highest BCUT2D eigenvalue weighted by atomic mass is 32.2. The molecule has 7 nitrogen and oxygen atoms in total. The highest BCUT2D eigenvalue weighted by molar-refractivity contribution is 7.89. The molecule has 0 bridgehead atoms. The van der Waals surface area contributed by atoms with E-state index >= 15 is 0 Å². The van der Waals surface area contributed by atoms with Crippen LogP contribution in [0.15, 0.2) is 52.3 Å². The van der Waals surface area contributed by atoms with Gasteiger partial charge >= 0.3 is 0 Å². The van der Waals surface area contributed by atoms with Gasteiger partial charge in [0.1, 0.15) is 0 Å². The zero-order valence-electron chi connectivity index (χ0n) is 14.3. The fraction of sp³-hybridized carbons (Fsp3) is 0.294. The highest BCUT2D eigenvalue weighted by Gasteiger charge is 2.20. The summed E-state index contributed by atoms with van der Waals surface area (Å²) in [6.45, 7) is 5.86. The molecule has 2 aromatic heterocycles. The molecular formula is C17H20N4O3S. The van der Waals surface area contributed by atoms with E-state index in [1.807, 2.05) is 26.1 Å². The first-order valence-electron chi connectivity index (χ1n) is 7.89. The van der Waals surface area contributed by atoms with Gasteiger partial charge in [0.2, 0.25) is 10.0 Å². The van der Waals surface area contributed by atoms with Crippen LogP contribution in [0.3, 0.4) is 0 Å². The van der Waals surface area contributed by atoms with E-state index in [1.165, 1.54) is 6.20 Å². The Morgan fingerprint density at radius 1 is 1.28 bits per heavy atom. The average molecular weight is 360 g/mol. The summed E-state index contributed by atoms with van der Waals surface area (Å²) >= 11 is 0. The van der Waals surface area contributed by atoms with Crippen LogP contribution in [0.4, 0.5) is 0 Å². The minimum Gasteiger partial charge on any atom is -0.356 e. The molecule has 0 amide bonds. The number of sulfonamides is 1. The molecule has 8 heteroatoms. The first-order chi connectivity index (χ1) is 11.9. The molecule has 0 saturated carbocycles. The van der Waals surface area contributed by atoms with Gasteiger partial charge in [-0.1, -0.05) is 17.3 Å². The second kappa shape index (κ2) is 6.81. The molecule has 0 saturated heterocycles. The summed E-state index contributed by atoms with van der Waals surface area (Å²) in [6.07, 6.45) is 5.15. The van der Waals surface area contributed by atoms with E-state index in [0.29, 0.717) is 16.9 Å². The highest BCUT2D eigenvalue weighted by Crippen LogP contribution is 2.25. The molecule has 0 fully saturated rings. The van der Waals surface area contributed by atoms with E-state index < -0.39 is 10.0 Å². The van der Waals surface area contributed by atoms with Crippen LogP contribution in [-0.4, -0.2) is 29.9 Å². The SMILES string of the molecule is Cc1cnn(C(C)CNS(=O)(=O)c2cc(-c3ccno3)ccc2C)c1. The van der Waals surface area contributed by atoms with Crippen LogP contribution in [0.1, 0.15) is 24.1 Å². The van der Waals surface area contributed by atoms with Crippen molar-refractivity contribution in [2.24, 2.45) is 0 Å². The average Bonchev–Trinajstić information content (AvgIpc) is 3.24. The molecule has 1 atom stereocenters. The molecule has 0 spiro atoms. The lowest BCUT2D eigenvalue weighted by Crippen LogP contribution is -2.30. The summed E-state index contributed by atoms with van der Waals surface area (Å²) < 4.78 is 35.0. The first-order valence-corrected chi connectivity index (χ1v) is 9.37. The lowest BCUT2D eigenvalue weighted by molar-refractivity contribution is 0.432. The van der Waals surface area contributed by atoms with E-state index in [9.17, 15) is 8.42 Å². The summed E-state index contributed by atoms with van der Waals surface area (Å²) in [7, 11) is -3.65. The Morgan fingerprint density at radius 2 is 2.08 bits per heavy atom. The monoisotopic (exact) mass is 360 g/mol. The van der Waals surface area contributed by atoms with Gasteiger partial charge in [-0.25, -0.2) is 13.1 Å². The maximum Gasteiger partial charge on any atom is 0.240 e. The Morgan fingerprint density at radius 3 is 2.72 bits per heavy atom. The summed E-state index contributed by atoms with van der Waals surface area (Å²) in [6, 6.07) is 6.76. The third-order valence-corrected chi connectivity index (χ3v) is 5.52. The minimum atomic E-state index is -3.65. The molecule has 2 heterocycles. The van der Waals surface area contributed by atoms with Crippen molar-refractivity contribution in [1.29, 1.82) is 0 Å². The van der Waals surface area contributed by atoms with Crippen LogP contribution >= 0.6 is 0 Å². The molecule has 1 N–H and O–H groups in total. The van der Waals surface area contributed by atoms with Gasteiger partial charge in [0.15, 0.2) is 5.76 Å². The van der Waals surface area contributed by atoms with Gasteiger partial charge in [0.25, 0.3) is 0 Å². The number of rotatable bonds is 6. The van der Waals surface area contributed by atoms with E-state index in [0.717, 1.165) is 5.56 Å². The number of nitrogens with one attached hydrogen (secondary N) is 1. The Bertz CT molecular complexity index is 962. The van der Waals surface area contributed by atoms with E-state index in [-0.39, 0.29) is 17.5 Å². The Kier molecular flexibility index (Phi) is 4.73. The molecule has 0 aliphatic rings. The predicted molar refractivity (Wildman–Crippen MR) is 93.5 cm³/mol. The van der Waals surface area contributed by atoms with Crippen LogP contribution < -0.4 is 4.72 Å². The second-order valence-corrected chi connectivity index (χ2v) is 7.79. The van der Waals surface area contributed by atoms with Crippen molar-refractivity contribution in [3.8, 4) is 11.3 Å². The van der Waals surface area contributed by atoms with Gasteiger partial charge in [-0.05, 0) is 38.0 Å². The topological polar surface area (TPSA) is 90.0 Å². The van der Waals surface area contributed by atoms with Crippen molar-refractivity contribution in [2.45, 2.75) is 31.7 Å². The Hall–Kier alpha value is -2.45. The van der Waals surface area contributed by atoms with Gasteiger partial charge in [-0.15, -0.1) is 0 Å².